The highest BCUT2D eigenvalue weighted by atomic mass is 19.1. The van der Waals surface area contributed by atoms with E-state index in [4.69, 9.17) is 5.11 Å². The van der Waals surface area contributed by atoms with Gasteiger partial charge in [-0.1, -0.05) is 6.92 Å². The molecule has 1 unspecified atom stereocenters. The maximum absolute atomic E-state index is 13.1. The largest absolute Gasteiger partial charge is 0.481 e. The van der Waals surface area contributed by atoms with Crippen molar-refractivity contribution in [3.05, 3.63) is 29.8 Å². The lowest BCUT2D eigenvalue weighted by molar-refractivity contribution is -0.141. The predicted molar refractivity (Wildman–Crippen MR) is 56.3 cm³/mol. The van der Waals surface area contributed by atoms with E-state index < -0.39 is 23.5 Å². The van der Waals surface area contributed by atoms with Crippen LogP contribution in [0.2, 0.25) is 0 Å². The summed E-state index contributed by atoms with van der Waals surface area (Å²) < 4.78 is 25.9. The van der Waals surface area contributed by atoms with Crippen LogP contribution in [0.1, 0.15) is 13.3 Å². The lowest BCUT2D eigenvalue weighted by atomic mass is 10.1. The minimum absolute atomic E-state index is 0.0142. The molecule has 1 aromatic carbocycles. The molecule has 0 saturated carbocycles. The number of carboxylic acid groups (broad SMARTS) is 1. The maximum Gasteiger partial charge on any atom is 0.308 e. The predicted octanol–water partition coefficient (Wildman–Crippen LogP) is 2.49. The van der Waals surface area contributed by atoms with Gasteiger partial charge in [-0.3, -0.25) is 4.79 Å². The van der Waals surface area contributed by atoms with Crippen LogP contribution >= 0.6 is 0 Å². The molecule has 0 aliphatic carbocycles. The summed E-state index contributed by atoms with van der Waals surface area (Å²) in [5.41, 5.74) is -0.0142. The molecule has 88 valence electrons. The summed E-state index contributed by atoms with van der Waals surface area (Å²) in [5.74, 6) is -2.72. The van der Waals surface area contributed by atoms with E-state index in [0.29, 0.717) is 6.42 Å². The first-order valence-electron chi connectivity index (χ1n) is 4.96. The van der Waals surface area contributed by atoms with Crippen LogP contribution in [0.25, 0.3) is 0 Å². The molecule has 0 bridgehead atoms. The number of anilines is 1. The molecule has 5 heteroatoms. The molecule has 0 amide bonds. The first-order valence-corrected chi connectivity index (χ1v) is 4.96. The monoisotopic (exact) mass is 229 g/mol. The summed E-state index contributed by atoms with van der Waals surface area (Å²) >= 11 is 0. The third kappa shape index (κ3) is 3.18. The number of aliphatic carboxylic acids is 1. The van der Waals surface area contributed by atoms with Gasteiger partial charge in [-0.05, 0) is 24.6 Å². The summed E-state index contributed by atoms with van der Waals surface area (Å²) in [5, 5.41) is 11.4. The fourth-order valence-corrected chi connectivity index (χ4v) is 1.27. The molecule has 0 aliphatic heterocycles. The third-order valence-electron chi connectivity index (χ3n) is 2.31. The molecule has 0 heterocycles. The number of nitrogens with one attached hydrogen (secondary N) is 1. The van der Waals surface area contributed by atoms with E-state index >= 15 is 0 Å². The van der Waals surface area contributed by atoms with Crippen LogP contribution in [-0.4, -0.2) is 17.6 Å². The SMILES string of the molecule is CCC(CNc1cc(F)ccc1F)C(=O)O. The second-order valence-corrected chi connectivity index (χ2v) is 3.45. The van der Waals surface area contributed by atoms with Crippen molar-refractivity contribution in [2.45, 2.75) is 13.3 Å². The Morgan fingerprint density at radius 2 is 2.19 bits per heavy atom. The number of carbonyl (C=O) groups is 1. The molecule has 2 N–H and O–H groups in total. The zero-order valence-corrected chi connectivity index (χ0v) is 8.84. The topological polar surface area (TPSA) is 49.3 Å². The van der Waals surface area contributed by atoms with Gasteiger partial charge in [-0.2, -0.15) is 0 Å². The molecule has 0 saturated heterocycles. The Morgan fingerprint density at radius 3 is 2.75 bits per heavy atom. The van der Waals surface area contributed by atoms with Crippen molar-refractivity contribution in [1.29, 1.82) is 0 Å². The highest BCUT2D eigenvalue weighted by Crippen LogP contribution is 2.16. The number of benzene rings is 1. The summed E-state index contributed by atoms with van der Waals surface area (Å²) in [6.07, 6.45) is 0.430. The number of halogens is 2. The molecule has 0 aliphatic rings. The second-order valence-electron chi connectivity index (χ2n) is 3.45. The standard InChI is InChI=1S/C11H13F2NO2/c1-2-7(11(15)16)6-14-10-5-8(12)3-4-9(10)13/h3-5,7,14H,2,6H2,1H3,(H,15,16). The van der Waals surface area contributed by atoms with E-state index in [0.717, 1.165) is 18.2 Å². The van der Waals surface area contributed by atoms with Crippen LogP contribution in [0.4, 0.5) is 14.5 Å². The molecular weight excluding hydrogens is 216 g/mol. The van der Waals surface area contributed by atoms with Crippen molar-refractivity contribution in [1.82, 2.24) is 0 Å². The van der Waals surface area contributed by atoms with Gasteiger partial charge in [-0.25, -0.2) is 8.78 Å². The van der Waals surface area contributed by atoms with Crippen LogP contribution in [-0.2, 0) is 4.79 Å². The van der Waals surface area contributed by atoms with Crippen LogP contribution in [0.3, 0.4) is 0 Å². The van der Waals surface area contributed by atoms with Gasteiger partial charge >= 0.3 is 5.97 Å². The van der Waals surface area contributed by atoms with Crippen LogP contribution in [0, 0.1) is 17.6 Å². The Balaban J connectivity index is 2.66. The smallest absolute Gasteiger partial charge is 0.308 e. The Kier molecular flexibility index (Phi) is 4.22. The lowest BCUT2D eigenvalue weighted by Crippen LogP contribution is -2.22. The van der Waals surface area contributed by atoms with E-state index in [-0.39, 0.29) is 12.2 Å². The number of hydrogen-bond acceptors (Lipinski definition) is 2. The van der Waals surface area contributed by atoms with Gasteiger partial charge in [0.2, 0.25) is 0 Å². The maximum atomic E-state index is 13.1. The molecule has 1 rings (SSSR count). The fourth-order valence-electron chi connectivity index (χ4n) is 1.27. The minimum atomic E-state index is -0.952. The van der Waals surface area contributed by atoms with Crippen molar-refractivity contribution < 1.29 is 18.7 Å². The van der Waals surface area contributed by atoms with Crippen LogP contribution < -0.4 is 5.32 Å². The van der Waals surface area contributed by atoms with Gasteiger partial charge in [0.25, 0.3) is 0 Å². The molecule has 0 spiro atoms. The number of rotatable bonds is 5. The minimum Gasteiger partial charge on any atom is -0.481 e. The quantitative estimate of drug-likeness (QED) is 0.815. The van der Waals surface area contributed by atoms with Gasteiger partial charge in [-0.15, -0.1) is 0 Å². The van der Waals surface area contributed by atoms with E-state index in [1.165, 1.54) is 0 Å². The first kappa shape index (κ1) is 12.4. The fraction of sp³-hybridized carbons (Fsp3) is 0.364. The molecule has 1 atom stereocenters. The summed E-state index contributed by atoms with van der Waals surface area (Å²) in [7, 11) is 0. The number of carboxylic acids is 1. The van der Waals surface area contributed by atoms with E-state index in [9.17, 15) is 13.6 Å². The molecule has 16 heavy (non-hydrogen) atoms. The zero-order chi connectivity index (χ0) is 12.1. The van der Waals surface area contributed by atoms with Crippen molar-refractivity contribution in [3.63, 3.8) is 0 Å². The van der Waals surface area contributed by atoms with E-state index in [2.05, 4.69) is 5.32 Å². The normalized spacial score (nSPS) is 12.2. The van der Waals surface area contributed by atoms with Crippen LogP contribution in [0.15, 0.2) is 18.2 Å². The first-order chi connectivity index (χ1) is 7.54. The third-order valence-corrected chi connectivity index (χ3v) is 2.31. The van der Waals surface area contributed by atoms with Crippen molar-refractivity contribution in [2.24, 2.45) is 5.92 Å². The summed E-state index contributed by atoms with van der Waals surface area (Å²) in [6, 6.07) is 3.01. The Hall–Kier alpha value is -1.65. The average Bonchev–Trinajstić information content (AvgIpc) is 2.23. The van der Waals surface area contributed by atoms with Crippen molar-refractivity contribution >= 4 is 11.7 Å². The van der Waals surface area contributed by atoms with E-state index in [1.54, 1.807) is 6.92 Å². The zero-order valence-electron chi connectivity index (χ0n) is 8.84. The summed E-state index contributed by atoms with van der Waals surface area (Å²) in [6.45, 7) is 1.80. The van der Waals surface area contributed by atoms with E-state index in [1.807, 2.05) is 0 Å². The highest BCUT2D eigenvalue weighted by Gasteiger charge is 2.15. The van der Waals surface area contributed by atoms with Gasteiger partial charge < -0.3 is 10.4 Å². The van der Waals surface area contributed by atoms with Crippen LogP contribution in [0.5, 0.6) is 0 Å². The van der Waals surface area contributed by atoms with Gasteiger partial charge in [0, 0.05) is 6.54 Å². The highest BCUT2D eigenvalue weighted by molar-refractivity contribution is 5.70. The molecule has 0 aromatic heterocycles. The molecule has 0 radical (unpaired) electrons. The van der Waals surface area contributed by atoms with Gasteiger partial charge in [0.05, 0.1) is 11.6 Å². The Bertz CT molecular complexity index is 382. The Labute approximate surface area is 92.1 Å². The van der Waals surface area contributed by atoms with Gasteiger partial charge in [0.15, 0.2) is 0 Å². The summed E-state index contributed by atoms with van der Waals surface area (Å²) in [4.78, 5) is 10.7. The molecule has 1 aromatic rings. The van der Waals surface area contributed by atoms with Gasteiger partial charge in [0.1, 0.15) is 11.6 Å². The van der Waals surface area contributed by atoms with Crippen molar-refractivity contribution in [2.75, 3.05) is 11.9 Å². The Morgan fingerprint density at radius 1 is 1.50 bits per heavy atom. The average molecular weight is 229 g/mol. The molecular formula is C11H13F2NO2. The second kappa shape index (κ2) is 5.44. The molecule has 3 nitrogen and oxygen atoms in total. The lowest BCUT2D eigenvalue weighted by Gasteiger charge is -2.12. The van der Waals surface area contributed by atoms with Crippen molar-refractivity contribution in [3.8, 4) is 0 Å². The molecule has 0 fully saturated rings. The number of hydrogen-bond donors (Lipinski definition) is 2.